The van der Waals surface area contributed by atoms with Gasteiger partial charge in [0.2, 0.25) is 11.8 Å². The zero-order valence-electron chi connectivity index (χ0n) is 16.3. The molecule has 3 rings (SSSR count). The summed E-state index contributed by atoms with van der Waals surface area (Å²) in [5.74, 6) is -0.496. The molecule has 2 aromatic rings. The van der Waals surface area contributed by atoms with Crippen molar-refractivity contribution in [2.24, 2.45) is 5.92 Å². The molecule has 152 valence electrons. The molecule has 0 bridgehead atoms. The largest absolute Gasteiger partial charge is 0.326 e. The van der Waals surface area contributed by atoms with Crippen molar-refractivity contribution in [3.8, 4) is 0 Å². The van der Waals surface area contributed by atoms with Gasteiger partial charge in [-0.1, -0.05) is 41.3 Å². The number of carbonyl (C=O) groups is 3. The highest BCUT2D eigenvalue weighted by atomic mass is 79.9. The molecule has 0 radical (unpaired) electrons. The molecule has 0 saturated heterocycles. The minimum atomic E-state index is -0.330. The van der Waals surface area contributed by atoms with Crippen LogP contribution in [0.5, 0.6) is 0 Å². The van der Waals surface area contributed by atoms with E-state index in [1.54, 1.807) is 42.5 Å². The lowest BCUT2D eigenvalue weighted by molar-refractivity contribution is -0.120. The molecule has 1 fully saturated rings. The van der Waals surface area contributed by atoms with Crippen LogP contribution in [0, 0.1) is 5.92 Å². The fourth-order valence-electron chi connectivity index (χ4n) is 3.46. The Labute approximate surface area is 178 Å². The van der Waals surface area contributed by atoms with Crippen LogP contribution in [0.4, 0.5) is 17.1 Å². The summed E-state index contributed by atoms with van der Waals surface area (Å²) < 4.78 is 0.774. The van der Waals surface area contributed by atoms with Gasteiger partial charge in [-0.25, -0.2) is 0 Å². The average molecular weight is 458 g/mol. The van der Waals surface area contributed by atoms with Crippen LogP contribution in [-0.2, 0) is 9.59 Å². The third-order valence-electron chi connectivity index (χ3n) is 4.91. The van der Waals surface area contributed by atoms with Crippen LogP contribution in [-0.4, -0.2) is 17.7 Å². The Morgan fingerprint density at radius 2 is 1.66 bits per heavy atom. The molecule has 0 aromatic heterocycles. The van der Waals surface area contributed by atoms with Gasteiger partial charge in [-0.15, -0.1) is 0 Å². The summed E-state index contributed by atoms with van der Waals surface area (Å²) in [5.41, 5.74) is 2.01. The third kappa shape index (κ3) is 5.90. The molecule has 29 heavy (non-hydrogen) atoms. The molecule has 1 aliphatic rings. The van der Waals surface area contributed by atoms with E-state index in [4.69, 9.17) is 0 Å². The Balaban J connectivity index is 1.72. The molecule has 0 aliphatic heterocycles. The van der Waals surface area contributed by atoms with Crippen molar-refractivity contribution in [1.29, 1.82) is 0 Å². The van der Waals surface area contributed by atoms with Crippen molar-refractivity contribution in [1.82, 2.24) is 0 Å². The molecule has 7 heteroatoms. The maximum Gasteiger partial charge on any atom is 0.255 e. The normalized spacial score (nSPS) is 14.1. The van der Waals surface area contributed by atoms with E-state index in [0.717, 1.165) is 30.2 Å². The number of carbonyl (C=O) groups excluding carboxylic acids is 3. The topological polar surface area (TPSA) is 87.3 Å². The summed E-state index contributed by atoms with van der Waals surface area (Å²) in [6, 6.07) is 12.1. The highest BCUT2D eigenvalue weighted by molar-refractivity contribution is 9.10. The van der Waals surface area contributed by atoms with Gasteiger partial charge in [-0.3, -0.25) is 14.4 Å². The summed E-state index contributed by atoms with van der Waals surface area (Å²) in [7, 11) is 0. The molecule has 0 unspecified atom stereocenters. The smallest absolute Gasteiger partial charge is 0.255 e. The van der Waals surface area contributed by atoms with E-state index < -0.39 is 0 Å². The summed E-state index contributed by atoms with van der Waals surface area (Å²) in [6.07, 6.45) is 5.20. The summed E-state index contributed by atoms with van der Waals surface area (Å²) >= 11 is 3.37. The highest BCUT2D eigenvalue weighted by Gasteiger charge is 2.21. The lowest BCUT2D eigenvalue weighted by Crippen LogP contribution is -2.24. The lowest BCUT2D eigenvalue weighted by atomic mass is 9.88. The van der Waals surface area contributed by atoms with Crippen LogP contribution in [0.2, 0.25) is 0 Å². The number of benzene rings is 2. The number of anilines is 3. The van der Waals surface area contributed by atoms with Gasteiger partial charge in [-0.05, 0) is 49.2 Å². The van der Waals surface area contributed by atoms with E-state index in [2.05, 4.69) is 31.9 Å². The van der Waals surface area contributed by atoms with Gasteiger partial charge in [0.05, 0.1) is 11.4 Å². The van der Waals surface area contributed by atoms with Crippen LogP contribution >= 0.6 is 15.9 Å². The van der Waals surface area contributed by atoms with Crippen molar-refractivity contribution in [2.45, 2.75) is 39.0 Å². The predicted octanol–water partition coefficient (Wildman–Crippen LogP) is 5.18. The first-order valence-electron chi connectivity index (χ1n) is 9.72. The molecule has 6 nitrogen and oxygen atoms in total. The standard InChI is InChI=1S/C22H24BrN3O3/c1-14(27)24-19-11-10-17(23)13-20(19)26-22(29)16-8-5-9-18(12-16)25-21(28)15-6-3-2-4-7-15/h5,8-13,15H,2-4,6-7H2,1H3,(H,24,27)(H,25,28)(H,26,29). The molecule has 1 aliphatic carbocycles. The van der Waals surface area contributed by atoms with E-state index in [1.807, 2.05) is 0 Å². The van der Waals surface area contributed by atoms with Crippen molar-refractivity contribution >= 4 is 50.7 Å². The van der Waals surface area contributed by atoms with Crippen LogP contribution in [0.25, 0.3) is 0 Å². The fraction of sp³-hybridized carbons (Fsp3) is 0.318. The zero-order valence-corrected chi connectivity index (χ0v) is 17.8. The highest BCUT2D eigenvalue weighted by Crippen LogP contribution is 2.27. The monoisotopic (exact) mass is 457 g/mol. The molecule has 3 amide bonds. The van der Waals surface area contributed by atoms with Gasteiger partial charge in [0.25, 0.3) is 5.91 Å². The summed E-state index contributed by atoms with van der Waals surface area (Å²) in [6.45, 7) is 1.41. The first-order valence-corrected chi connectivity index (χ1v) is 10.5. The Morgan fingerprint density at radius 3 is 2.38 bits per heavy atom. The van der Waals surface area contributed by atoms with Crippen molar-refractivity contribution in [3.63, 3.8) is 0 Å². The second-order valence-corrected chi connectivity index (χ2v) is 8.15. The molecule has 2 aromatic carbocycles. The Morgan fingerprint density at radius 1 is 0.897 bits per heavy atom. The third-order valence-corrected chi connectivity index (χ3v) is 5.40. The van der Waals surface area contributed by atoms with Crippen LogP contribution in [0.15, 0.2) is 46.9 Å². The van der Waals surface area contributed by atoms with Gasteiger partial charge in [0, 0.05) is 28.6 Å². The van der Waals surface area contributed by atoms with Crippen molar-refractivity contribution in [3.05, 3.63) is 52.5 Å². The minimum Gasteiger partial charge on any atom is -0.326 e. The van der Waals surface area contributed by atoms with Crippen molar-refractivity contribution in [2.75, 3.05) is 16.0 Å². The summed E-state index contributed by atoms with van der Waals surface area (Å²) in [5, 5.41) is 8.45. The van der Waals surface area contributed by atoms with Gasteiger partial charge >= 0.3 is 0 Å². The van der Waals surface area contributed by atoms with Crippen molar-refractivity contribution < 1.29 is 14.4 Å². The van der Waals surface area contributed by atoms with Gasteiger partial charge in [-0.2, -0.15) is 0 Å². The van der Waals surface area contributed by atoms with E-state index in [-0.39, 0.29) is 23.6 Å². The van der Waals surface area contributed by atoms with E-state index in [0.29, 0.717) is 22.6 Å². The van der Waals surface area contributed by atoms with E-state index >= 15 is 0 Å². The number of amides is 3. The van der Waals surface area contributed by atoms with Crippen LogP contribution in [0.1, 0.15) is 49.4 Å². The number of hydrogen-bond acceptors (Lipinski definition) is 3. The Bertz CT molecular complexity index is 923. The first-order chi connectivity index (χ1) is 13.9. The molecular weight excluding hydrogens is 434 g/mol. The second-order valence-electron chi connectivity index (χ2n) is 7.23. The van der Waals surface area contributed by atoms with Gasteiger partial charge < -0.3 is 16.0 Å². The zero-order chi connectivity index (χ0) is 20.8. The maximum atomic E-state index is 12.8. The number of nitrogens with one attached hydrogen (secondary N) is 3. The molecule has 0 heterocycles. The van der Waals surface area contributed by atoms with Gasteiger partial charge in [0.1, 0.15) is 0 Å². The molecular formula is C22H24BrN3O3. The Kier molecular flexibility index (Phi) is 7.04. The maximum absolute atomic E-state index is 12.8. The van der Waals surface area contributed by atoms with E-state index in [9.17, 15) is 14.4 Å². The number of hydrogen-bond donors (Lipinski definition) is 3. The fourth-order valence-corrected chi connectivity index (χ4v) is 3.82. The van der Waals surface area contributed by atoms with Crippen LogP contribution in [0.3, 0.4) is 0 Å². The SMILES string of the molecule is CC(=O)Nc1ccc(Br)cc1NC(=O)c1cccc(NC(=O)C2CCCCC2)c1. The first kappa shape index (κ1) is 21.0. The van der Waals surface area contributed by atoms with E-state index in [1.165, 1.54) is 13.3 Å². The molecule has 0 spiro atoms. The van der Waals surface area contributed by atoms with Crippen LogP contribution < -0.4 is 16.0 Å². The lowest BCUT2D eigenvalue weighted by Gasteiger charge is -2.20. The molecule has 3 N–H and O–H groups in total. The quantitative estimate of drug-likeness (QED) is 0.577. The molecule has 0 atom stereocenters. The minimum absolute atomic E-state index is 0.0159. The molecule has 1 saturated carbocycles. The second kappa shape index (κ2) is 9.69. The summed E-state index contributed by atoms with van der Waals surface area (Å²) in [4.78, 5) is 36.6. The predicted molar refractivity (Wildman–Crippen MR) is 118 cm³/mol. The Hall–Kier alpha value is -2.67. The number of rotatable bonds is 5. The average Bonchev–Trinajstić information content (AvgIpc) is 2.70. The van der Waals surface area contributed by atoms with Gasteiger partial charge in [0.15, 0.2) is 0 Å². The number of halogens is 1.